The first-order valence-electron chi connectivity index (χ1n) is 9.81. The molecule has 146 valence electrons. The first kappa shape index (κ1) is 20.1. The molecule has 0 radical (unpaired) electrons. The highest BCUT2D eigenvalue weighted by Gasteiger charge is 2.47. The van der Waals surface area contributed by atoms with Crippen molar-refractivity contribution in [2.24, 2.45) is 5.41 Å². The second kappa shape index (κ2) is 7.75. The van der Waals surface area contributed by atoms with Crippen LogP contribution in [-0.4, -0.2) is 35.5 Å². The minimum atomic E-state index is -0.665. The lowest BCUT2D eigenvalue weighted by Crippen LogP contribution is -2.48. The fraction of sp³-hybridized carbons (Fsp3) is 0.458. The Balaban J connectivity index is 1.83. The van der Waals surface area contributed by atoms with Crippen LogP contribution in [0.25, 0.3) is 0 Å². The van der Waals surface area contributed by atoms with Crippen LogP contribution in [0.5, 0.6) is 0 Å². The lowest BCUT2D eigenvalue weighted by molar-refractivity contribution is -0.139. The second-order valence-electron chi connectivity index (χ2n) is 8.15. The zero-order chi connectivity index (χ0) is 20.5. The Morgan fingerprint density at radius 1 is 1.14 bits per heavy atom. The van der Waals surface area contributed by atoms with Crippen LogP contribution in [0.15, 0.2) is 24.8 Å². The number of carbonyl (C=O) groups is 3. The molecule has 0 aromatic heterocycles. The van der Waals surface area contributed by atoms with Gasteiger partial charge in [0, 0.05) is 31.5 Å². The first-order valence-corrected chi connectivity index (χ1v) is 9.81. The number of Topliss-reactive ketones (excluding diaryl/α,β-unsaturated/α-hetero) is 2. The molecule has 4 heteroatoms. The third-order valence-electron chi connectivity index (χ3n) is 6.20. The van der Waals surface area contributed by atoms with E-state index < -0.39 is 5.92 Å². The van der Waals surface area contributed by atoms with E-state index in [2.05, 4.69) is 18.4 Å². The molecule has 1 aliphatic heterocycles. The predicted octanol–water partition coefficient (Wildman–Crippen LogP) is 3.49. The SMILES string of the molecule is C=CC(=O)N1CCC2(CC1)CC(=O)C(c1c(C)cc(C#CC)cc1C)C(=O)C2. The van der Waals surface area contributed by atoms with E-state index in [1.54, 1.807) is 11.8 Å². The molecule has 1 aromatic carbocycles. The standard InChI is InChI=1S/C24H27NO3/c1-5-7-18-12-16(3)22(17(4)13-18)23-19(26)14-24(15-20(23)27)8-10-25(11-9-24)21(28)6-2/h6,12-13,23H,2,8-11,14-15H2,1,3-4H3. The van der Waals surface area contributed by atoms with Crippen molar-refractivity contribution < 1.29 is 14.4 Å². The molecule has 1 saturated carbocycles. The van der Waals surface area contributed by atoms with Gasteiger partial charge in [-0.2, -0.15) is 0 Å². The van der Waals surface area contributed by atoms with Crippen LogP contribution < -0.4 is 0 Å². The Kier molecular flexibility index (Phi) is 5.56. The molecule has 1 saturated heterocycles. The number of piperidine rings is 1. The monoisotopic (exact) mass is 377 g/mol. The summed E-state index contributed by atoms with van der Waals surface area (Å²) in [6.45, 7) is 10.4. The summed E-state index contributed by atoms with van der Waals surface area (Å²) in [5.74, 6) is 5.22. The van der Waals surface area contributed by atoms with Gasteiger partial charge in [0.05, 0.1) is 0 Å². The van der Waals surface area contributed by atoms with Crippen LogP contribution in [0.3, 0.4) is 0 Å². The van der Waals surface area contributed by atoms with Gasteiger partial charge in [-0.3, -0.25) is 14.4 Å². The van der Waals surface area contributed by atoms with Crippen LogP contribution in [0.2, 0.25) is 0 Å². The average Bonchev–Trinajstić information content (AvgIpc) is 2.63. The molecule has 2 aliphatic rings. The highest BCUT2D eigenvalue weighted by atomic mass is 16.2. The number of hydrogen-bond acceptors (Lipinski definition) is 3. The normalized spacial score (nSPS) is 19.3. The van der Waals surface area contributed by atoms with Crippen molar-refractivity contribution >= 4 is 17.5 Å². The maximum absolute atomic E-state index is 13.1. The molecule has 4 nitrogen and oxygen atoms in total. The Hall–Kier alpha value is -2.67. The van der Waals surface area contributed by atoms with Gasteiger partial charge in [0.25, 0.3) is 0 Å². The summed E-state index contributed by atoms with van der Waals surface area (Å²) in [6, 6.07) is 3.92. The summed E-state index contributed by atoms with van der Waals surface area (Å²) in [4.78, 5) is 39.8. The van der Waals surface area contributed by atoms with Crippen LogP contribution >= 0.6 is 0 Å². The first-order chi connectivity index (χ1) is 13.3. The van der Waals surface area contributed by atoms with E-state index in [1.165, 1.54) is 6.08 Å². The van der Waals surface area contributed by atoms with Gasteiger partial charge in [0.15, 0.2) is 0 Å². The van der Waals surface area contributed by atoms with Gasteiger partial charge in [0.1, 0.15) is 17.5 Å². The van der Waals surface area contributed by atoms with Gasteiger partial charge in [-0.05, 0) is 73.9 Å². The van der Waals surface area contributed by atoms with Crippen molar-refractivity contribution in [1.82, 2.24) is 4.90 Å². The van der Waals surface area contributed by atoms with Gasteiger partial charge < -0.3 is 4.90 Å². The molecular formula is C24H27NO3. The Morgan fingerprint density at radius 3 is 2.14 bits per heavy atom. The summed E-state index contributed by atoms with van der Waals surface area (Å²) in [7, 11) is 0. The number of nitrogens with zero attached hydrogens (tertiary/aromatic N) is 1. The number of aryl methyl sites for hydroxylation is 2. The van der Waals surface area contributed by atoms with Gasteiger partial charge in [0.2, 0.25) is 5.91 Å². The molecular weight excluding hydrogens is 350 g/mol. The van der Waals surface area contributed by atoms with Crippen LogP contribution in [0, 0.1) is 31.1 Å². The van der Waals surface area contributed by atoms with E-state index in [0.717, 1.165) is 22.3 Å². The van der Waals surface area contributed by atoms with Crippen LogP contribution in [0.4, 0.5) is 0 Å². The Labute approximate surface area is 167 Å². The highest BCUT2D eigenvalue weighted by Crippen LogP contribution is 2.46. The molecule has 0 N–H and O–H groups in total. The summed E-state index contributed by atoms with van der Waals surface area (Å²) in [6.07, 6.45) is 3.53. The topological polar surface area (TPSA) is 54.5 Å². The van der Waals surface area contributed by atoms with Crippen LogP contribution in [-0.2, 0) is 14.4 Å². The fourth-order valence-corrected chi connectivity index (χ4v) is 4.84. The van der Waals surface area contributed by atoms with E-state index in [0.29, 0.717) is 38.8 Å². The minimum absolute atomic E-state index is 0.0141. The summed E-state index contributed by atoms with van der Waals surface area (Å²) in [5.41, 5.74) is 3.37. The quantitative estimate of drug-likeness (QED) is 0.450. The zero-order valence-corrected chi connectivity index (χ0v) is 16.9. The van der Waals surface area contributed by atoms with E-state index in [1.807, 2.05) is 26.0 Å². The number of carbonyl (C=O) groups excluding carboxylic acids is 3. The van der Waals surface area contributed by atoms with E-state index in [9.17, 15) is 14.4 Å². The van der Waals surface area contributed by atoms with Crippen LogP contribution in [0.1, 0.15) is 60.8 Å². The smallest absolute Gasteiger partial charge is 0.245 e. The number of amides is 1. The highest BCUT2D eigenvalue weighted by molar-refractivity contribution is 6.10. The molecule has 1 aliphatic carbocycles. The molecule has 1 aromatic rings. The molecule has 28 heavy (non-hydrogen) atoms. The van der Waals surface area contributed by atoms with Crippen molar-refractivity contribution in [3.05, 3.63) is 47.0 Å². The molecule has 1 amide bonds. The number of rotatable bonds is 2. The van der Waals surface area contributed by atoms with Crippen molar-refractivity contribution in [1.29, 1.82) is 0 Å². The van der Waals surface area contributed by atoms with Gasteiger partial charge in [-0.15, -0.1) is 5.92 Å². The molecule has 0 unspecified atom stereocenters. The van der Waals surface area contributed by atoms with E-state index >= 15 is 0 Å². The third-order valence-corrected chi connectivity index (χ3v) is 6.20. The lowest BCUT2D eigenvalue weighted by Gasteiger charge is -2.44. The maximum Gasteiger partial charge on any atom is 0.245 e. The molecule has 0 bridgehead atoms. The van der Waals surface area contributed by atoms with Crippen molar-refractivity contribution in [3.8, 4) is 11.8 Å². The molecule has 0 atom stereocenters. The number of hydrogen-bond donors (Lipinski definition) is 0. The number of benzene rings is 1. The zero-order valence-electron chi connectivity index (χ0n) is 16.9. The number of ketones is 2. The number of likely N-dealkylation sites (tertiary alicyclic amines) is 1. The van der Waals surface area contributed by atoms with Crippen molar-refractivity contribution in [3.63, 3.8) is 0 Å². The molecule has 2 fully saturated rings. The molecule has 1 spiro atoms. The summed E-state index contributed by atoms with van der Waals surface area (Å²) < 4.78 is 0. The van der Waals surface area contributed by atoms with Gasteiger partial charge in [-0.25, -0.2) is 0 Å². The summed E-state index contributed by atoms with van der Waals surface area (Å²) in [5, 5.41) is 0. The average molecular weight is 377 g/mol. The largest absolute Gasteiger partial charge is 0.339 e. The predicted molar refractivity (Wildman–Crippen MR) is 109 cm³/mol. The third kappa shape index (κ3) is 3.67. The van der Waals surface area contributed by atoms with Gasteiger partial charge >= 0.3 is 0 Å². The Morgan fingerprint density at radius 2 is 1.68 bits per heavy atom. The van der Waals surface area contributed by atoms with Gasteiger partial charge in [-0.1, -0.05) is 12.5 Å². The summed E-state index contributed by atoms with van der Waals surface area (Å²) >= 11 is 0. The Bertz CT molecular complexity index is 865. The van der Waals surface area contributed by atoms with Crippen molar-refractivity contribution in [2.45, 2.75) is 52.4 Å². The maximum atomic E-state index is 13.1. The molecule has 1 heterocycles. The lowest BCUT2D eigenvalue weighted by atomic mass is 9.62. The molecule has 3 rings (SSSR count). The van der Waals surface area contributed by atoms with Crippen molar-refractivity contribution in [2.75, 3.05) is 13.1 Å². The van der Waals surface area contributed by atoms with E-state index in [-0.39, 0.29) is 22.9 Å². The minimum Gasteiger partial charge on any atom is -0.339 e. The van der Waals surface area contributed by atoms with E-state index in [4.69, 9.17) is 0 Å². The second-order valence-corrected chi connectivity index (χ2v) is 8.15. The fourth-order valence-electron chi connectivity index (χ4n) is 4.84.